The first-order chi connectivity index (χ1) is 6.52. The van der Waals surface area contributed by atoms with Gasteiger partial charge >= 0.3 is 0 Å². The molecule has 2 rings (SSSR count). The summed E-state index contributed by atoms with van der Waals surface area (Å²) in [5, 5.41) is 3.59. The fraction of sp³-hybridized carbons (Fsp3) is 1.00. The second kappa shape index (κ2) is 3.47. The Morgan fingerprint density at radius 2 is 2.21 bits per heavy atom. The summed E-state index contributed by atoms with van der Waals surface area (Å²) in [5.41, 5.74) is 6.55. The van der Waals surface area contributed by atoms with E-state index >= 15 is 0 Å². The lowest BCUT2D eigenvalue weighted by molar-refractivity contribution is 0.0996. The summed E-state index contributed by atoms with van der Waals surface area (Å²) in [7, 11) is 0. The van der Waals surface area contributed by atoms with Crippen LogP contribution in [0, 0.1) is 5.41 Å². The minimum absolute atomic E-state index is 0.105. The van der Waals surface area contributed by atoms with E-state index in [0.717, 1.165) is 19.6 Å². The zero-order chi connectivity index (χ0) is 10.2. The molecule has 3 N–H and O–H groups in total. The van der Waals surface area contributed by atoms with Gasteiger partial charge in [0.25, 0.3) is 0 Å². The normalized spacial score (nSPS) is 40.9. The molecular weight excluding hydrogens is 176 g/mol. The number of nitrogens with one attached hydrogen (secondary N) is 1. The summed E-state index contributed by atoms with van der Waals surface area (Å²) >= 11 is 0. The van der Waals surface area contributed by atoms with Gasteiger partial charge < -0.3 is 15.8 Å². The van der Waals surface area contributed by atoms with Crippen LogP contribution in [0.4, 0.5) is 0 Å². The molecule has 0 radical (unpaired) electrons. The standard InChI is InChI=1S/C11H22N2O/c1-10(2)4-3-9(10)13-7-11(12)5-6-14-8-11/h9,13H,3-8,12H2,1-2H3. The van der Waals surface area contributed by atoms with Crippen LogP contribution < -0.4 is 11.1 Å². The van der Waals surface area contributed by atoms with Crippen LogP contribution in [0.3, 0.4) is 0 Å². The molecule has 3 heteroatoms. The van der Waals surface area contributed by atoms with Gasteiger partial charge in [-0.3, -0.25) is 0 Å². The van der Waals surface area contributed by atoms with Gasteiger partial charge in [0.05, 0.1) is 12.1 Å². The molecule has 0 bridgehead atoms. The fourth-order valence-corrected chi connectivity index (χ4v) is 2.33. The van der Waals surface area contributed by atoms with Crippen LogP contribution in [0.5, 0.6) is 0 Å². The topological polar surface area (TPSA) is 47.3 Å². The predicted octanol–water partition coefficient (Wildman–Crippen LogP) is 0.882. The number of hydrogen-bond acceptors (Lipinski definition) is 3. The molecule has 0 aromatic carbocycles. The molecule has 2 unspecified atom stereocenters. The van der Waals surface area contributed by atoms with Crippen molar-refractivity contribution in [3.63, 3.8) is 0 Å². The molecule has 2 aliphatic rings. The largest absolute Gasteiger partial charge is 0.379 e. The van der Waals surface area contributed by atoms with Crippen LogP contribution >= 0.6 is 0 Å². The maximum absolute atomic E-state index is 6.19. The summed E-state index contributed by atoms with van der Waals surface area (Å²) in [6.45, 7) is 7.09. The summed E-state index contributed by atoms with van der Waals surface area (Å²) in [6.07, 6.45) is 3.62. The SMILES string of the molecule is CC1(C)CCC1NCC1(N)CCOC1. The highest BCUT2D eigenvalue weighted by atomic mass is 16.5. The zero-order valence-electron chi connectivity index (χ0n) is 9.31. The van der Waals surface area contributed by atoms with Crippen LogP contribution in [0.2, 0.25) is 0 Å². The van der Waals surface area contributed by atoms with Crippen molar-refractivity contribution in [2.24, 2.45) is 11.1 Å². The number of hydrogen-bond donors (Lipinski definition) is 2. The zero-order valence-corrected chi connectivity index (χ0v) is 9.31. The third-order valence-corrected chi connectivity index (χ3v) is 3.86. The summed E-state index contributed by atoms with van der Waals surface area (Å²) in [5.74, 6) is 0. The molecule has 1 saturated heterocycles. The number of nitrogens with two attached hydrogens (primary N) is 1. The average molecular weight is 198 g/mol. The fourth-order valence-electron chi connectivity index (χ4n) is 2.33. The van der Waals surface area contributed by atoms with Crippen LogP contribution in [0.15, 0.2) is 0 Å². The lowest BCUT2D eigenvalue weighted by Gasteiger charge is -2.46. The molecule has 3 nitrogen and oxygen atoms in total. The van der Waals surface area contributed by atoms with Crippen molar-refractivity contribution in [3.05, 3.63) is 0 Å². The van der Waals surface area contributed by atoms with Crippen LogP contribution in [-0.2, 0) is 4.74 Å². The number of ether oxygens (including phenoxy) is 1. The van der Waals surface area contributed by atoms with Gasteiger partial charge in [0, 0.05) is 19.2 Å². The Morgan fingerprint density at radius 3 is 2.64 bits per heavy atom. The monoisotopic (exact) mass is 198 g/mol. The van der Waals surface area contributed by atoms with Gasteiger partial charge in [-0.1, -0.05) is 13.8 Å². The van der Waals surface area contributed by atoms with Crippen molar-refractivity contribution < 1.29 is 4.74 Å². The highest BCUT2D eigenvalue weighted by molar-refractivity contribution is 4.98. The van der Waals surface area contributed by atoms with Crippen molar-refractivity contribution in [2.75, 3.05) is 19.8 Å². The molecule has 1 heterocycles. The molecule has 1 aliphatic carbocycles. The Morgan fingerprint density at radius 1 is 1.43 bits per heavy atom. The van der Waals surface area contributed by atoms with Gasteiger partial charge in [0.2, 0.25) is 0 Å². The van der Waals surface area contributed by atoms with E-state index in [1.54, 1.807) is 0 Å². The van der Waals surface area contributed by atoms with Gasteiger partial charge in [-0.15, -0.1) is 0 Å². The van der Waals surface area contributed by atoms with Gasteiger partial charge in [-0.2, -0.15) is 0 Å². The van der Waals surface area contributed by atoms with Crippen LogP contribution in [0.25, 0.3) is 0 Å². The summed E-state index contributed by atoms with van der Waals surface area (Å²) in [4.78, 5) is 0. The van der Waals surface area contributed by atoms with Crippen molar-refractivity contribution in [1.29, 1.82) is 0 Å². The molecule has 2 atom stereocenters. The smallest absolute Gasteiger partial charge is 0.0659 e. The van der Waals surface area contributed by atoms with E-state index in [1.165, 1.54) is 12.8 Å². The second-order valence-corrected chi connectivity index (χ2v) is 5.63. The number of rotatable bonds is 3. The Kier molecular flexibility index (Phi) is 2.58. The Hall–Kier alpha value is -0.120. The van der Waals surface area contributed by atoms with E-state index in [-0.39, 0.29) is 5.54 Å². The first-order valence-corrected chi connectivity index (χ1v) is 5.62. The molecule has 0 aromatic rings. The van der Waals surface area contributed by atoms with Gasteiger partial charge in [0.15, 0.2) is 0 Å². The minimum Gasteiger partial charge on any atom is -0.379 e. The highest BCUT2D eigenvalue weighted by Gasteiger charge is 2.40. The van der Waals surface area contributed by atoms with Crippen LogP contribution in [0.1, 0.15) is 33.1 Å². The molecule has 1 saturated carbocycles. The Balaban J connectivity index is 1.77. The molecule has 0 aromatic heterocycles. The maximum Gasteiger partial charge on any atom is 0.0659 e. The highest BCUT2D eigenvalue weighted by Crippen LogP contribution is 2.40. The van der Waals surface area contributed by atoms with Gasteiger partial charge in [-0.25, -0.2) is 0 Å². The van der Waals surface area contributed by atoms with E-state index in [4.69, 9.17) is 10.5 Å². The molecule has 82 valence electrons. The van der Waals surface area contributed by atoms with Gasteiger partial charge in [-0.05, 0) is 24.7 Å². The quantitative estimate of drug-likeness (QED) is 0.708. The van der Waals surface area contributed by atoms with Crippen molar-refractivity contribution in [2.45, 2.75) is 44.7 Å². The Labute approximate surface area is 86.4 Å². The van der Waals surface area contributed by atoms with Crippen LogP contribution in [-0.4, -0.2) is 31.3 Å². The van der Waals surface area contributed by atoms with E-state index in [1.807, 2.05) is 0 Å². The molecule has 0 amide bonds. The molecular formula is C11H22N2O. The average Bonchev–Trinajstić information content (AvgIpc) is 2.51. The predicted molar refractivity (Wildman–Crippen MR) is 57.2 cm³/mol. The molecule has 14 heavy (non-hydrogen) atoms. The van der Waals surface area contributed by atoms with Gasteiger partial charge in [0.1, 0.15) is 0 Å². The lowest BCUT2D eigenvalue weighted by Crippen LogP contribution is -2.57. The third-order valence-electron chi connectivity index (χ3n) is 3.86. The summed E-state index contributed by atoms with van der Waals surface area (Å²) in [6, 6.07) is 0.656. The van der Waals surface area contributed by atoms with E-state index in [2.05, 4.69) is 19.2 Å². The first-order valence-electron chi connectivity index (χ1n) is 5.62. The molecule has 1 aliphatic heterocycles. The van der Waals surface area contributed by atoms with Crippen molar-refractivity contribution in [1.82, 2.24) is 5.32 Å². The van der Waals surface area contributed by atoms with Crippen molar-refractivity contribution >= 4 is 0 Å². The first kappa shape index (κ1) is 10.4. The molecule has 0 spiro atoms. The van der Waals surface area contributed by atoms with E-state index in [9.17, 15) is 0 Å². The lowest BCUT2D eigenvalue weighted by atomic mass is 9.67. The second-order valence-electron chi connectivity index (χ2n) is 5.63. The maximum atomic E-state index is 6.19. The summed E-state index contributed by atoms with van der Waals surface area (Å²) < 4.78 is 5.33. The molecule has 2 fully saturated rings. The third kappa shape index (κ3) is 1.95. The van der Waals surface area contributed by atoms with E-state index in [0.29, 0.717) is 18.1 Å². The van der Waals surface area contributed by atoms with E-state index < -0.39 is 0 Å². The Bertz CT molecular complexity index is 209. The van der Waals surface area contributed by atoms with Crippen molar-refractivity contribution in [3.8, 4) is 0 Å². The minimum atomic E-state index is -0.105.